The van der Waals surface area contributed by atoms with E-state index >= 15 is 0 Å². The van der Waals surface area contributed by atoms with Gasteiger partial charge < -0.3 is 11.1 Å². The summed E-state index contributed by atoms with van der Waals surface area (Å²) in [7, 11) is 0. The average Bonchev–Trinajstić information content (AvgIpc) is 2.83. The molecular formula is C15H23ClN2. The van der Waals surface area contributed by atoms with Crippen LogP contribution in [0.5, 0.6) is 0 Å². The van der Waals surface area contributed by atoms with Crippen LogP contribution in [0.25, 0.3) is 0 Å². The number of halogens is 1. The van der Waals surface area contributed by atoms with Gasteiger partial charge in [0.25, 0.3) is 0 Å². The Hall–Kier alpha value is -0.730. The molecule has 1 aliphatic rings. The van der Waals surface area contributed by atoms with Gasteiger partial charge >= 0.3 is 0 Å². The molecule has 1 aromatic carbocycles. The number of hydrogen-bond donors (Lipinski definition) is 2. The van der Waals surface area contributed by atoms with E-state index in [9.17, 15) is 0 Å². The van der Waals surface area contributed by atoms with Gasteiger partial charge in [-0.1, -0.05) is 37.4 Å². The Morgan fingerprint density at radius 3 is 2.67 bits per heavy atom. The van der Waals surface area contributed by atoms with Gasteiger partial charge in [0.15, 0.2) is 0 Å². The van der Waals surface area contributed by atoms with Crippen molar-refractivity contribution in [2.24, 2.45) is 5.41 Å². The fourth-order valence-electron chi connectivity index (χ4n) is 2.96. The lowest BCUT2D eigenvalue weighted by Gasteiger charge is -2.27. The van der Waals surface area contributed by atoms with Crippen molar-refractivity contribution in [2.75, 3.05) is 12.3 Å². The second-order valence-electron chi connectivity index (χ2n) is 5.52. The summed E-state index contributed by atoms with van der Waals surface area (Å²) in [5.74, 6) is 0. The van der Waals surface area contributed by atoms with Crippen molar-refractivity contribution in [3.05, 3.63) is 28.8 Å². The molecule has 3 heteroatoms. The van der Waals surface area contributed by atoms with Crippen molar-refractivity contribution >= 4 is 17.3 Å². The highest BCUT2D eigenvalue weighted by Gasteiger charge is 2.31. The van der Waals surface area contributed by atoms with E-state index in [4.69, 9.17) is 17.3 Å². The van der Waals surface area contributed by atoms with Gasteiger partial charge in [-0.05, 0) is 42.4 Å². The molecule has 0 amide bonds. The lowest BCUT2D eigenvalue weighted by Crippen LogP contribution is -2.31. The number of nitrogens with one attached hydrogen (secondary N) is 1. The number of nitrogens with two attached hydrogens (primary N) is 1. The molecule has 2 rings (SSSR count). The molecule has 0 saturated heterocycles. The highest BCUT2D eigenvalue weighted by Crippen LogP contribution is 2.40. The molecule has 0 unspecified atom stereocenters. The van der Waals surface area contributed by atoms with Crippen molar-refractivity contribution < 1.29 is 0 Å². The van der Waals surface area contributed by atoms with Crippen molar-refractivity contribution in [1.29, 1.82) is 0 Å². The molecule has 2 nitrogen and oxygen atoms in total. The minimum Gasteiger partial charge on any atom is -0.398 e. The van der Waals surface area contributed by atoms with Crippen LogP contribution in [-0.2, 0) is 6.54 Å². The van der Waals surface area contributed by atoms with Crippen LogP contribution >= 0.6 is 11.6 Å². The minimum absolute atomic E-state index is 0.540. The smallest absolute Gasteiger partial charge is 0.0635 e. The van der Waals surface area contributed by atoms with Gasteiger partial charge in [-0.2, -0.15) is 0 Å². The Bertz CT molecular complexity index is 397. The summed E-state index contributed by atoms with van der Waals surface area (Å²) in [6.45, 7) is 4.31. The third-order valence-electron chi connectivity index (χ3n) is 4.30. The van der Waals surface area contributed by atoms with Crippen LogP contribution in [0.4, 0.5) is 5.69 Å². The van der Waals surface area contributed by atoms with Gasteiger partial charge in [0.2, 0.25) is 0 Å². The first kappa shape index (κ1) is 13.7. The monoisotopic (exact) mass is 266 g/mol. The first-order valence-electron chi connectivity index (χ1n) is 6.90. The zero-order valence-electron chi connectivity index (χ0n) is 11.1. The van der Waals surface area contributed by atoms with Gasteiger partial charge in [-0.25, -0.2) is 0 Å². The van der Waals surface area contributed by atoms with E-state index in [1.165, 1.54) is 37.7 Å². The fourth-order valence-corrected chi connectivity index (χ4v) is 3.07. The van der Waals surface area contributed by atoms with E-state index in [2.05, 4.69) is 12.2 Å². The molecule has 1 aliphatic carbocycles. The predicted molar refractivity (Wildman–Crippen MR) is 78.8 cm³/mol. The fraction of sp³-hybridized carbons (Fsp3) is 0.600. The van der Waals surface area contributed by atoms with E-state index in [-0.39, 0.29) is 0 Å². The van der Waals surface area contributed by atoms with Crippen molar-refractivity contribution in [3.63, 3.8) is 0 Å². The van der Waals surface area contributed by atoms with Crippen LogP contribution in [0.15, 0.2) is 18.2 Å². The van der Waals surface area contributed by atoms with Gasteiger partial charge in [0.05, 0.1) is 10.7 Å². The second kappa shape index (κ2) is 5.94. The molecule has 0 heterocycles. The van der Waals surface area contributed by atoms with Gasteiger partial charge in [-0.3, -0.25) is 0 Å². The summed E-state index contributed by atoms with van der Waals surface area (Å²) in [6, 6.07) is 5.88. The van der Waals surface area contributed by atoms with Gasteiger partial charge in [0.1, 0.15) is 0 Å². The molecule has 1 fully saturated rings. The maximum Gasteiger partial charge on any atom is 0.0635 e. The molecule has 1 aromatic rings. The first-order valence-corrected chi connectivity index (χ1v) is 7.28. The molecule has 0 radical (unpaired) electrons. The Balaban J connectivity index is 1.86. The Morgan fingerprint density at radius 1 is 1.33 bits per heavy atom. The number of anilines is 1. The van der Waals surface area contributed by atoms with Crippen LogP contribution in [0.3, 0.4) is 0 Å². The maximum atomic E-state index is 5.92. The zero-order valence-corrected chi connectivity index (χ0v) is 11.9. The van der Waals surface area contributed by atoms with Crippen molar-refractivity contribution in [1.82, 2.24) is 5.32 Å². The number of nitrogen functional groups attached to an aromatic ring is 1. The van der Waals surface area contributed by atoms with Gasteiger partial charge in [0, 0.05) is 13.1 Å². The highest BCUT2D eigenvalue weighted by atomic mass is 35.5. The minimum atomic E-state index is 0.540. The summed E-state index contributed by atoms with van der Waals surface area (Å²) in [6.07, 6.45) is 6.81. The molecule has 0 spiro atoms. The standard InChI is InChI=1S/C15H23ClN2/c1-2-15(7-3-4-8-15)11-18-10-12-5-6-13(16)14(17)9-12/h5-6,9,18H,2-4,7-8,10-11,17H2,1H3. The molecular weight excluding hydrogens is 244 g/mol. The number of rotatable bonds is 5. The number of benzene rings is 1. The number of hydrogen-bond acceptors (Lipinski definition) is 2. The van der Waals surface area contributed by atoms with Crippen LogP contribution in [0.2, 0.25) is 5.02 Å². The molecule has 0 aromatic heterocycles. The Morgan fingerprint density at radius 2 is 2.06 bits per heavy atom. The summed E-state index contributed by atoms with van der Waals surface area (Å²) in [4.78, 5) is 0. The first-order chi connectivity index (χ1) is 8.65. The third kappa shape index (κ3) is 3.18. The van der Waals surface area contributed by atoms with E-state index < -0.39 is 0 Å². The van der Waals surface area contributed by atoms with E-state index in [0.29, 0.717) is 16.1 Å². The quantitative estimate of drug-likeness (QED) is 0.791. The summed E-state index contributed by atoms with van der Waals surface area (Å²) < 4.78 is 0. The van der Waals surface area contributed by atoms with Crippen molar-refractivity contribution in [2.45, 2.75) is 45.6 Å². The van der Waals surface area contributed by atoms with Crippen LogP contribution in [0.1, 0.15) is 44.6 Å². The summed E-state index contributed by atoms with van der Waals surface area (Å²) in [5, 5.41) is 4.22. The zero-order chi connectivity index (χ0) is 13.0. The molecule has 18 heavy (non-hydrogen) atoms. The molecule has 3 N–H and O–H groups in total. The van der Waals surface area contributed by atoms with Crippen molar-refractivity contribution in [3.8, 4) is 0 Å². The SMILES string of the molecule is CCC1(CNCc2ccc(Cl)c(N)c2)CCCC1. The molecule has 100 valence electrons. The Labute approximate surface area is 115 Å². The van der Waals surface area contributed by atoms with E-state index in [1.54, 1.807) is 0 Å². The maximum absolute atomic E-state index is 5.92. The van der Waals surface area contributed by atoms with E-state index in [1.807, 2.05) is 18.2 Å². The van der Waals surface area contributed by atoms with Crippen LogP contribution in [-0.4, -0.2) is 6.54 Å². The topological polar surface area (TPSA) is 38.0 Å². The molecule has 0 aliphatic heterocycles. The normalized spacial score (nSPS) is 18.1. The lowest BCUT2D eigenvalue weighted by atomic mass is 9.83. The second-order valence-corrected chi connectivity index (χ2v) is 5.93. The third-order valence-corrected chi connectivity index (χ3v) is 4.65. The van der Waals surface area contributed by atoms with E-state index in [0.717, 1.165) is 13.1 Å². The molecule has 1 saturated carbocycles. The molecule has 0 atom stereocenters. The predicted octanol–water partition coefficient (Wildman–Crippen LogP) is 3.98. The summed E-state index contributed by atoms with van der Waals surface area (Å²) in [5.41, 5.74) is 8.22. The summed E-state index contributed by atoms with van der Waals surface area (Å²) >= 11 is 5.92. The Kier molecular flexibility index (Phi) is 4.52. The van der Waals surface area contributed by atoms with Gasteiger partial charge in [-0.15, -0.1) is 0 Å². The largest absolute Gasteiger partial charge is 0.398 e. The lowest BCUT2D eigenvalue weighted by molar-refractivity contribution is 0.268. The van der Waals surface area contributed by atoms with Crippen LogP contribution in [0, 0.1) is 5.41 Å². The van der Waals surface area contributed by atoms with Crippen LogP contribution < -0.4 is 11.1 Å². The molecule has 0 bridgehead atoms. The average molecular weight is 267 g/mol. The highest BCUT2D eigenvalue weighted by molar-refractivity contribution is 6.33.